The minimum atomic E-state index is -0.0294. The van der Waals surface area contributed by atoms with E-state index in [2.05, 4.69) is 62.4 Å². The zero-order valence-electron chi connectivity index (χ0n) is 21.4. The van der Waals surface area contributed by atoms with E-state index in [4.69, 9.17) is 9.47 Å². The molecule has 0 amide bonds. The highest BCUT2D eigenvalue weighted by atomic mass is 16.5. The van der Waals surface area contributed by atoms with Crippen molar-refractivity contribution in [2.75, 3.05) is 0 Å². The topological polar surface area (TPSA) is 35.5 Å². The summed E-state index contributed by atoms with van der Waals surface area (Å²) in [5.41, 5.74) is 3.41. The van der Waals surface area contributed by atoms with E-state index < -0.39 is 0 Å². The molecule has 186 valence electrons. The number of allylic oxidation sites excluding steroid dienone is 2. The van der Waals surface area contributed by atoms with E-state index in [0.29, 0.717) is 37.3 Å². The quantitative estimate of drug-likeness (QED) is 0.312. The minimum absolute atomic E-state index is 0.0294. The van der Waals surface area contributed by atoms with Crippen LogP contribution in [0.3, 0.4) is 0 Å². The molecule has 2 aliphatic rings. The number of fused-ring (bicyclic) bond motifs is 1. The van der Waals surface area contributed by atoms with Crippen molar-refractivity contribution in [3.05, 3.63) is 108 Å². The molecule has 3 nitrogen and oxygen atoms in total. The van der Waals surface area contributed by atoms with Crippen molar-refractivity contribution in [1.82, 2.24) is 0 Å². The lowest BCUT2D eigenvalue weighted by Gasteiger charge is -2.49. The van der Waals surface area contributed by atoms with E-state index in [9.17, 15) is 4.79 Å². The van der Waals surface area contributed by atoms with E-state index >= 15 is 0 Å². The first kappa shape index (κ1) is 24.4. The summed E-state index contributed by atoms with van der Waals surface area (Å²) in [4.78, 5) is 12.8. The summed E-state index contributed by atoms with van der Waals surface area (Å²) in [5.74, 6) is 2.93. The number of rotatable bonds is 8. The van der Waals surface area contributed by atoms with Gasteiger partial charge in [-0.05, 0) is 71.4 Å². The van der Waals surface area contributed by atoms with Crippen molar-refractivity contribution >= 4 is 5.78 Å². The Morgan fingerprint density at radius 1 is 0.861 bits per heavy atom. The van der Waals surface area contributed by atoms with Crippen LogP contribution in [0, 0.1) is 23.2 Å². The van der Waals surface area contributed by atoms with E-state index in [-0.39, 0.29) is 11.3 Å². The smallest absolute Gasteiger partial charge is 0.140 e. The standard InChI is InChI=1S/C33H36O3/c1-24-16-18-29-30(14-9-15-31(29)34)33(24,2)21-27-20-28(35-22-25-10-5-3-6-11-25)17-19-32(27)36-23-26-12-7-4-8-13-26/h3-8,10-13,16-20,24,29-30H,9,14-15,21-23H2,1-2H3/t24-,29-,30+,33-/m1/s1. The monoisotopic (exact) mass is 480 g/mol. The van der Waals surface area contributed by atoms with E-state index in [1.807, 2.05) is 42.5 Å². The summed E-state index contributed by atoms with van der Waals surface area (Å²) < 4.78 is 12.6. The first-order chi connectivity index (χ1) is 17.5. The van der Waals surface area contributed by atoms with Crippen molar-refractivity contribution in [2.24, 2.45) is 23.2 Å². The zero-order chi connectivity index (χ0) is 25.0. The molecule has 0 N–H and O–H groups in total. The van der Waals surface area contributed by atoms with Gasteiger partial charge in [-0.15, -0.1) is 0 Å². The van der Waals surface area contributed by atoms with Gasteiger partial charge in [0, 0.05) is 12.3 Å². The number of carbonyl (C=O) groups excluding carboxylic acids is 1. The molecule has 3 heteroatoms. The third kappa shape index (κ3) is 5.26. The highest BCUT2D eigenvalue weighted by Crippen LogP contribution is 2.52. The Kier molecular flexibility index (Phi) is 7.27. The second-order valence-electron chi connectivity index (χ2n) is 10.7. The second kappa shape index (κ2) is 10.7. The average molecular weight is 481 g/mol. The molecule has 4 atom stereocenters. The minimum Gasteiger partial charge on any atom is -0.489 e. The van der Waals surface area contributed by atoms with Crippen molar-refractivity contribution in [3.63, 3.8) is 0 Å². The molecular formula is C33H36O3. The van der Waals surface area contributed by atoms with Gasteiger partial charge in [0.25, 0.3) is 0 Å². The fourth-order valence-electron chi connectivity index (χ4n) is 6.00. The zero-order valence-corrected chi connectivity index (χ0v) is 21.4. The van der Waals surface area contributed by atoms with Crippen LogP contribution in [0.2, 0.25) is 0 Å². The summed E-state index contributed by atoms with van der Waals surface area (Å²) in [7, 11) is 0. The Labute approximate surface area is 215 Å². The molecule has 0 radical (unpaired) electrons. The summed E-state index contributed by atoms with van der Waals surface area (Å²) in [5, 5.41) is 0. The number of ether oxygens (including phenoxy) is 2. The summed E-state index contributed by atoms with van der Waals surface area (Å²) >= 11 is 0. The molecule has 3 aromatic rings. The largest absolute Gasteiger partial charge is 0.489 e. The van der Waals surface area contributed by atoms with E-state index in [1.165, 1.54) is 0 Å². The lowest BCUT2D eigenvalue weighted by molar-refractivity contribution is -0.128. The molecule has 2 aliphatic carbocycles. The Bertz CT molecular complexity index is 1200. The highest BCUT2D eigenvalue weighted by molar-refractivity contribution is 5.84. The van der Waals surface area contributed by atoms with Crippen LogP contribution in [-0.4, -0.2) is 5.78 Å². The number of hydrogen-bond acceptors (Lipinski definition) is 3. The van der Waals surface area contributed by atoms with Crippen LogP contribution in [0.15, 0.2) is 91.0 Å². The SMILES string of the molecule is C[C@@H]1C=C[C@H]2C(=O)CCC[C@@H]2[C@]1(C)Cc1cc(OCc2ccccc2)ccc1OCc1ccccc1. The van der Waals surface area contributed by atoms with Gasteiger partial charge in [-0.2, -0.15) is 0 Å². The second-order valence-corrected chi connectivity index (χ2v) is 10.7. The van der Waals surface area contributed by atoms with E-state index in [0.717, 1.165) is 47.5 Å². The lowest BCUT2D eigenvalue weighted by atomic mass is 9.55. The van der Waals surface area contributed by atoms with Gasteiger partial charge >= 0.3 is 0 Å². The first-order valence-corrected chi connectivity index (χ1v) is 13.2. The van der Waals surface area contributed by atoms with Crippen LogP contribution < -0.4 is 9.47 Å². The molecule has 0 unspecified atom stereocenters. The molecule has 3 aromatic carbocycles. The fourth-order valence-corrected chi connectivity index (χ4v) is 6.00. The number of carbonyl (C=O) groups is 1. The first-order valence-electron chi connectivity index (χ1n) is 13.2. The third-order valence-corrected chi connectivity index (χ3v) is 8.33. The maximum Gasteiger partial charge on any atom is 0.140 e. The summed E-state index contributed by atoms with van der Waals surface area (Å²) in [6.07, 6.45) is 8.11. The molecule has 0 aromatic heterocycles. The summed E-state index contributed by atoms with van der Waals surface area (Å²) in [6, 6.07) is 26.7. The number of ketones is 1. The van der Waals surface area contributed by atoms with Crippen LogP contribution >= 0.6 is 0 Å². The van der Waals surface area contributed by atoms with Crippen molar-refractivity contribution in [1.29, 1.82) is 0 Å². The lowest BCUT2D eigenvalue weighted by Crippen LogP contribution is -2.46. The number of benzene rings is 3. The third-order valence-electron chi connectivity index (χ3n) is 8.33. The van der Waals surface area contributed by atoms with Crippen LogP contribution in [0.5, 0.6) is 11.5 Å². The van der Waals surface area contributed by atoms with Crippen LogP contribution in [-0.2, 0) is 24.4 Å². The Hall–Kier alpha value is -3.33. The molecule has 0 spiro atoms. The number of hydrogen-bond donors (Lipinski definition) is 0. The summed E-state index contributed by atoms with van der Waals surface area (Å²) in [6.45, 7) is 5.72. The molecule has 1 saturated carbocycles. The van der Waals surface area contributed by atoms with Gasteiger partial charge in [-0.25, -0.2) is 0 Å². The van der Waals surface area contributed by atoms with Gasteiger partial charge < -0.3 is 9.47 Å². The van der Waals surface area contributed by atoms with Gasteiger partial charge in [0.05, 0.1) is 0 Å². The van der Waals surface area contributed by atoms with Crippen molar-refractivity contribution in [3.8, 4) is 11.5 Å². The average Bonchev–Trinajstić information content (AvgIpc) is 2.91. The Morgan fingerprint density at radius 3 is 2.22 bits per heavy atom. The van der Waals surface area contributed by atoms with Crippen LogP contribution in [0.1, 0.15) is 49.8 Å². The molecule has 0 heterocycles. The molecule has 0 saturated heterocycles. The maximum atomic E-state index is 12.8. The van der Waals surface area contributed by atoms with Crippen molar-refractivity contribution in [2.45, 2.75) is 52.7 Å². The molecular weight excluding hydrogens is 444 g/mol. The Morgan fingerprint density at radius 2 is 1.53 bits per heavy atom. The predicted molar refractivity (Wildman–Crippen MR) is 144 cm³/mol. The number of Topliss-reactive ketones (excluding diaryl/α,β-unsaturated/α-hetero) is 1. The van der Waals surface area contributed by atoms with Gasteiger partial charge in [0.1, 0.15) is 30.5 Å². The molecule has 1 fully saturated rings. The Balaban J connectivity index is 1.43. The van der Waals surface area contributed by atoms with Crippen LogP contribution in [0.25, 0.3) is 0 Å². The van der Waals surface area contributed by atoms with Crippen molar-refractivity contribution < 1.29 is 14.3 Å². The molecule has 0 aliphatic heterocycles. The normalized spacial score (nSPS) is 25.3. The van der Waals surface area contributed by atoms with Gasteiger partial charge in [-0.3, -0.25) is 4.79 Å². The molecule has 36 heavy (non-hydrogen) atoms. The van der Waals surface area contributed by atoms with Gasteiger partial charge in [0.2, 0.25) is 0 Å². The highest BCUT2D eigenvalue weighted by Gasteiger charge is 2.47. The van der Waals surface area contributed by atoms with Crippen LogP contribution in [0.4, 0.5) is 0 Å². The maximum absolute atomic E-state index is 12.8. The molecule has 5 rings (SSSR count). The predicted octanol–water partition coefficient (Wildman–Crippen LogP) is 7.58. The fraction of sp³-hybridized carbons (Fsp3) is 0.364. The molecule has 0 bridgehead atoms. The van der Waals surface area contributed by atoms with Gasteiger partial charge in [0.15, 0.2) is 0 Å². The van der Waals surface area contributed by atoms with Gasteiger partial charge in [-0.1, -0.05) is 86.7 Å². The van der Waals surface area contributed by atoms with E-state index in [1.54, 1.807) is 0 Å².